The summed E-state index contributed by atoms with van der Waals surface area (Å²) in [5.74, 6) is 0. The fraction of sp³-hybridized carbons (Fsp3) is 0.250. The van der Waals surface area contributed by atoms with Crippen LogP contribution in [0.1, 0.15) is 5.56 Å². The van der Waals surface area contributed by atoms with E-state index in [1.807, 2.05) is 6.92 Å². The zero-order chi connectivity index (χ0) is 4.41. The van der Waals surface area contributed by atoms with Gasteiger partial charge in [0.05, 0.1) is 0 Å². The molecule has 0 aliphatic carbocycles. The summed E-state index contributed by atoms with van der Waals surface area (Å²) in [6.07, 6.45) is 3.44. The Kier molecular flexibility index (Phi) is 2.90. The second kappa shape index (κ2) is 2.95. The summed E-state index contributed by atoms with van der Waals surface area (Å²) in [7, 11) is 0. The van der Waals surface area contributed by atoms with E-state index in [1.54, 1.807) is 12.4 Å². The predicted octanol–water partition coefficient (Wildman–Crippen LogP) is 0.345. The average molecular weight is 267 g/mol. The number of aromatic nitrogens is 2. The van der Waals surface area contributed by atoms with Crippen LogP contribution in [-0.4, -0.2) is 5.10 Å². The molecule has 3 heteroatoms. The number of hydrogen-bond acceptors (Lipinski definition) is 1. The van der Waals surface area contributed by atoms with Gasteiger partial charge in [-0.15, -0.1) is 0 Å². The van der Waals surface area contributed by atoms with E-state index in [0.29, 0.717) is 0 Å². The first-order chi connectivity index (χ1) is 2.89. The third-order valence-corrected chi connectivity index (χ3v) is 0.589. The molecule has 1 radical (unpaired) electrons. The zero-order valence-electron chi connectivity index (χ0n) is 3.93. The Labute approximate surface area is 56.0 Å². The van der Waals surface area contributed by atoms with Crippen LogP contribution in [0.3, 0.4) is 0 Å². The summed E-state index contributed by atoms with van der Waals surface area (Å²) >= 11 is 0. The van der Waals surface area contributed by atoms with Gasteiger partial charge in [0.2, 0.25) is 0 Å². The zero-order valence-corrected chi connectivity index (χ0v) is 6.64. The first kappa shape index (κ1) is 6.87. The molecule has 1 rings (SSSR count). The Hall–Kier alpha value is -0.128. The van der Waals surface area contributed by atoms with Gasteiger partial charge in [-0.05, 0) is 6.92 Å². The van der Waals surface area contributed by atoms with E-state index in [9.17, 15) is 0 Å². The Morgan fingerprint density at radius 1 is 1.71 bits per heavy atom. The van der Waals surface area contributed by atoms with Crippen molar-refractivity contribution in [1.29, 1.82) is 0 Å². The van der Waals surface area contributed by atoms with Gasteiger partial charge in [-0.2, -0.15) is 6.20 Å². The van der Waals surface area contributed by atoms with Crippen LogP contribution in [0.15, 0.2) is 12.4 Å². The topological polar surface area (TPSA) is 27.0 Å². The second-order valence-electron chi connectivity index (χ2n) is 1.23. The number of rotatable bonds is 0. The van der Waals surface area contributed by atoms with Gasteiger partial charge in [-0.25, -0.2) is 0 Å². The summed E-state index contributed by atoms with van der Waals surface area (Å²) in [4.78, 5) is 0. The minimum absolute atomic E-state index is 0. The van der Waals surface area contributed by atoms with Gasteiger partial charge in [-0.1, -0.05) is 5.56 Å². The molecule has 7 heavy (non-hydrogen) atoms. The summed E-state index contributed by atoms with van der Waals surface area (Å²) in [5.41, 5.74) is 1.12. The fourth-order valence-corrected chi connectivity index (χ4v) is 0.282. The van der Waals surface area contributed by atoms with Gasteiger partial charge in [0.25, 0.3) is 0 Å². The third kappa shape index (κ3) is 1.86. The van der Waals surface area contributed by atoms with Crippen LogP contribution >= 0.6 is 0 Å². The maximum absolute atomic E-state index is 3.57. The molecule has 0 N–H and O–H groups in total. The van der Waals surface area contributed by atoms with E-state index in [0.717, 1.165) is 5.56 Å². The van der Waals surface area contributed by atoms with E-state index in [2.05, 4.69) is 10.2 Å². The average Bonchev–Trinajstić information content (AvgIpc) is 1.86. The molecule has 39 valence electrons. The van der Waals surface area contributed by atoms with E-state index in [4.69, 9.17) is 0 Å². The Balaban J connectivity index is 0.000000360. The standard InChI is InChI=1S/C4H5N2.Re/c1-4-2-5-6-3-4;/h2-3H,1H3;/q-1;. The molecule has 0 saturated carbocycles. The molecule has 0 bridgehead atoms. The van der Waals surface area contributed by atoms with Crippen LogP contribution in [-0.2, 0) is 20.4 Å². The summed E-state index contributed by atoms with van der Waals surface area (Å²) in [5, 5.41) is 7.14. The summed E-state index contributed by atoms with van der Waals surface area (Å²) < 4.78 is 0. The smallest absolute Gasteiger partial charge is 0.00489 e. The van der Waals surface area contributed by atoms with Gasteiger partial charge in [0.1, 0.15) is 0 Å². The summed E-state index contributed by atoms with van der Waals surface area (Å²) in [6.45, 7) is 1.96. The number of aryl methyl sites for hydroxylation is 1. The Morgan fingerprint density at radius 2 is 2.43 bits per heavy atom. The molecule has 0 aliphatic heterocycles. The van der Waals surface area contributed by atoms with Crippen molar-refractivity contribution >= 4 is 0 Å². The van der Waals surface area contributed by atoms with Crippen LogP contribution in [0.2, 0.25) is 0 Å². The molecule has 1 aromatic rings. The first-order valence-electron chi connectivity index (χ1n) is 1.79. The molecular formula is C4H5N2Re-. The third-order valence-electron chi connectivity index (χ3n) is 0.589. The van der Waals surface area contributed by atoms with Crippen LogP contribution < -0.4 is 5.10 Å². The second-order valence-corrected chi connectivity index (χ2v) is 1.23. The molecule has 0 spiro atoms. The molecule has 0 atom stereocenters. The van der Waals surface area contributed by atoms with Crippen LogP contribution in [0, 0.1) is 6.92 Å². The Bertz CT molecular complexity index is 113. The van der Waals surface area contributed by atoms with E-state index in [-0.39, 0.29) is 20.4 Å². The van der Waals surface area contributed by atoms with Crippen molar-refractivity contribution in [2.75, 3.05) is 0 Å². The van der Waals surface area contributed by atoms with Crippen LogP contribution in [0.25, 0.3) is 0 Å². The van der Waals surface area contributed by atoms with Gasteiger partial charge in [-0.3, -0.25) is 0 Å². The van der Waals surface area contributed by atoms with Crippen molar-refractivity contribution in [1.82, 2.24) is 10.2 Å². The van der Waals surface area contributed by atoms with Crippen molar-refractivity contribution in [3.8, 4) is 0 Å². The number of hydrogen-bond donors (Lipinski definition) is 0. The Morgan fingerprint density at radius 3 is 2.57 bits per heavy atom. The molecule has 0 fully saturated rings. The molecule has 0 amide bonds. The molecule has 0 unspecified atom stereocenters. The van der Waals surface area contributed by atoms with Gasteiger partial charge >= 0.3 is 0 Å². The largest absolute Gasteiger partial charge is 0.582 e. The van der Waals surface area contributed by atoms with E-state index < -0.39 is 0 Å². The molecule has 0 aliphatic rings. The monoisotopic (exact) mass is 268 g/mol. The fourth-order valence-electron chi connectivity index (χ4n) is 0.282. The quantitative estimate of drug-likeness (QED) is 0.678. The molecular weight excluding hydrogens is 262 g/mol. The molecule has 2 nitrogen and oxygen atoms in total. The first-order valence-corrected chi connectivity index (χ1v) is 1.79. The minimum atomic E-state index is 0. The van der Waals surface area contributed by atoms with Crippen molar-refractivity contribution in [3.63, 3.8) is 0 Å². The normalized spacial score (nSPS) is 7.57. The molecule has 1 aromatic heterocycles. The van der Waals surface area contributed by atoms with Crippen molar-refractivity contribution in [2.24, 2.45) is 0 Å². The summed E-state index contributed by atoms with van der Waals surface area (Å²) in [6, 6.07) is 0. The SMILES string of the molecule is Cc1cn[n-]c1.[Re]. The predicted molar refractivity (Wildman–Crippen MR) is 22.3 cm³/mol. The van der Waals surface area contributed by atoms with Crippen LogP contribution in [0.5, 0.6) is 0 Å². The van der Waals surface area contributed by atoms with Gasteiger partial charge in [0.15, 0.2) is 0 Å². The maximum atomic E-state index is 3.57. The molecule has 0 saturated heterocycles. The van der Waals surface area contributed by atoms with Crippen LogP contribution in [0.4, 0.5) is 0 Å². The van der Waals surface area contributed by atoms with Gasteiger partial charge in [0, 0.05) is 26.6 Å². The minimum Gasteiger partial charge on any atom is -0.582 e. The molecule has 0 aromatic carbocycles. The van der Waals surface area contributed by atoms with Crippen molar-refractivity contribution < 1.29 is 20.4 Å². The van der Waals surface area contributed by atoms with E-state index in [1.165, 1.54) is 0 Å². The van der Waals surface area contributed by atoms with E-state index >= 15 is 0 Å². The molecule has 1 heterocycles. The van der Waals surface area contributed by atoms with Crippen molar-refractivity contribution in [2.45, 2.75) is 6.92 Å². The van der Waals surface area contributed by atoms with Gasteiger partial charge < -0.3 is 10.2 Å². The maximum Gasteiger partial charge on any atom is 0.00489 e. The number of nitrogens with zero attached hydrogens (tertiary/aromatic N) is 2. The van der Waals surface area contributed by atoms with Crippen molar-refractivity contribution in [3.05, 3.63) is 18.0 Å².